The molecular weight excluding hydrogens is 345 g/mol. The van der Waals surface area contributed by atoms with Crippen LogP contribution >= 0.6 is 23.2 Å². The van der Waals surface area contributed by atoms with E-state index in [4.69, 9.17) is 23.2 Å². The van der Waals surface area contributed by atoms with Gasteiger partial charge in [-0.05, 0) is 30.2 Å². The molecule has 1 unspecified atom stereocenters. The molecule has 0 bridgehead atoms. The summed E-state index contributed by atoms with van der Waals surface area (Å²) < 4.78 is 0. The number of hydrogen-bond donors (Lipinski definition) is 2. The second-order valence-corrected chi connectivity index (χ2v) is 6.77. The predicted molar refractivity (Wildman–Crippen MR) is 98.7 cm³/mol. The quantitative estimate of drug-likeness (QED) is 0.845. The van der Waals surface area contributed by atoms with Crippen LogP contribution in [0.2, 0.25) is 10.0 Å². The maximum absolute atomic E-state index is 12.1. The Labute approximate surface area is 151 Å². The number of amides is 2. The molecule has 0 radical (unpaired) electrons. The zero-order chi connectivity index (χ0) is 16.9. The highest BCUT2D eigenvalue weighted by atomic mass is 35.5. The van der Waals surface area contributed by atoms with Gasteiger partial charge in [0.1, 0.15) is 0 Å². The van der Waals surface area contributed by atoms with Crippen molar-refractivity contribution in [3.63, 3.8) is 0 Å². The molecule has 2 aromatic carbocycles. The highest BCUT2D eigenvalue weighted by Crippen LogP contribution is 2.25. The van der Waals surface area contributed by atoms with Crippen LogP contribution in [0.5, 0.6) is 0 Å². The largest absolute Gasteiger partial charge is 0.334 e. The third-order valence-electron chi connectivity index (χ3n) is 4.04. The summed E-state index contributed by atoms with van der Waals surface area (Å²) in [6.07, 6.45) is 0.939. The second kappa shape index (κ2) is 7.88. The molecular formula is C18H19Cl2N3O. The molecule has 0 aliphatic carbocycles. The molecule has 4 nitrogen and oxygen atoms in total. The highest BCUT2D eigenvalue weighted by Gasteiger charge is 2.24. The van der Waals surface area contributed by atoms with E-state index in [1.54, 1.807) is 18.2 Å². The van der Waals surface area contributed by atoms with Gasteiger partial charge in [0.05, 0.1) is 10.7 Å². The summed E-state index contributed by atoms with van der Waals surface area (Å²) in [5.74, 6) is 0. The van der Waals surface area contributed by atoms with Gasteiger partial charge in [-0.15, -0.1) is 0 Å². The number of urea groups is 1. The zero-order valence-electron chi connectivity index (χ0n) is 13.1. The van der Waals surface area contributed by atoms with Crippen molar-refractivity contribution >= 4 is 34.9 Å². The van der Waals surface area contributed by atoms with Crippen LogP contribution < -0.4 is 10.6 Å². The first kappa shape index (κ1) is 17.1. The van der Waals surface area contributed by atoms with Crippen molar-refractivity contribution in [1.29, 1.82) is 0 Å². The Bertz CT molecular complexity index is 709. The Hall–Kier alpha value is -1.75. The number of halogens is 2. The van der Waals surface area contributed by atoms with Crippen molar-refractivity contribution in [3.05, 3.63) is 64.1 Å². The van der Waals surface area contributed by atoms with Crippen molar-refractivity contribution < 1.29 is 4.79 Å². The van der Waals surface area contributed by atoms with E-state index >= 15 is 0 Å². The molecule has 126 valence electrons. The molecule has 6 heteroatoms. The minimum Gasteiger partial charge on any atom is -0.334 e. The van der Waals surface area contributed by atoms with E-state index in [1.807, 2.05) is 18.2 Å². The van der Waals surface area contributed by atoms with Gasteiger partial charge in [-0.3, -0.25) is 4.90 Å². The first-order chi connectivity index (χ1) is 11.6. The van der Waals surface area contributed by atoms with Gasteiger partial charge in [0, 0.05) is 30.7 Å². The molecule has 0 saturated carbocycles. The monoisotopic (exact) mass is 363 g/mol. The number of likely N-dealkylation sites (tertiary alicyclic amines) is 1. The molecule has 2 N–H and O–H groups in total. The van der Waals surface area contributed by atoms with Crippen molar-refractivity contribution in [1.82, 2.24) is 10.2 Å². The van der Waals surface area contributed by atoms with Crippen LogP contribution in [0.15, 0.2) is 48.5 Å². The van der Waals surface area contributed by atoms with Crippen LogP contribution in [0.4, 0.5) is 10.5 Å². The minimum absolute atomic E-state index is 0.139. The number of nitrogens with one attached hydrogen (secondary N) is 2. The van der Waals surface area contributed by atoms with Gasteiger partial charge in [0.25, 0.3) is 0 Å². The van der Waals surface area contributed by atoms with E-state index in [-0.39, 0.29) is 12.1 Å². The second-order valence-electron chi connectivity index (χ2n) is 5.93. The van der Waals surface area contributed by atoms with E-state index in [0.29, 0.717) is 15.7 Å². The lowest BCUT2D eigenvalue weighted by Crippen LogP contribution is -2.39. The standard InChI is InChI=1S/C18H19Cl2N3O/c19-14-6-7-17(16(20)10-14)22-18(24)21-15-8-9-23(12-15)11-13-4-2-1-3-5-13/h1-7,10,15H,8-9,11-12H2,(H2,21,22,24). The highest BCUT2D eigenvalue weighted by molar-refractivity contribution is 6.36. The van der Waals surface area contributed by atoms with Gasteiger partial charge in [0.2, 0.25) is 0 Å². The van der Waals surface area contributed by atoms with E-state index in [2.05, 4.69) is 27.7 Å². The van der Waals surface area contributed by atoms with Crippen LogP contribution in [0.3, 0.4) is 0 Å². The van der Waals surface area contributed by atoms with Gasteiger partial charge >= 0.3 is 6.03 Å². The Balaban J connectivity index is 1.49. The van der Waals surface area contributed by atoms with Gasteiger partial charge in [-0.25, -0.2) is 4.79 Å². The average molecular weight is 364 g/mol. The molecule has 2 amide bonds. The lowest BCUT2D eigenvalue weighted by molar-refractivity contribution is 0.247. The molecule has 0 aromatic heterocycles. The van der Waals surface area contributed by atoms with Crippen LogP contribution in [0.25, 0.3) is 0 Å². The number of nitrogens with zero attached hydrogens (tertiary/aromatic N) is 1. The number of rotatable bonds is 4. The smallest absolute Gasteiger partial charge is 0.319 e. The van der Waals surface area contributed by atoms with Crippen molar-refractivity contribution in [3.8, 4) is 0 Å². The maximum Gasteiger partial charge on any atom is 0.319 e. The average Bonchev–Trinajstić information content (AvgIpc) is 2.98. The molecule has 1 saturated heterocycles. The number of carbonyl (C=O) groups is 1. The van der Waals surface area contributed by atoms with Crippen LogP contribution in [-0.2, 0) is 6.54 Å². The van der Waals surface area contributed by atoms with Crippen molar-refractivity contribution in [2.75, 3.05) is 18.4 Å². The normalized spacial score (nSPS) is 17.7. The SMILES string of the molecule is O=C(Nc1ccc(Cl)cc1Cl)NC1CCN(Cc2ccccc2)C1. The lowest BCUT2D eigenvalue weighted by atomic mass is 10.2. The Morgan fingerprint density at radius 1 is 1.17 bits per heavy atom. The number of anilines is 1. The van der Waals surface area contributed by atoms with E-state index < -0.39 is 0 Å². The fraction of sp³-hybridized carbons (Fsp3) is 0.278. The van der Waals surface area contributed by atoms with Crippen LogP contribution in [0, 0.1) is 0 Å². The lowest BCUT2D eigenvalue weighted by Gasteiger charge is -2.17. The molecule has 2 aromatic rings. The van der Waals surface area contributed by atoms with Crippen LogP contribution in [0.1, 0.15) is 12.0 Å². The summed E-state index contributed by atoms with van der Waals surface area (Å²) in [6.45, 7) is 2.72. The van der Waals surface area contributed by atoms with Crippen molar-refractivity contribution in [2.24, 2.45) is 0 Å². The van der Waals surface area contributed by atoms with Gasteiger partial charge in [0.15, 0.2) is 0 Å². The summed E-state index contributed by atoms with van der Waals surface area (Å²) in [6, 6.07) is 15.2. The first-order valence-electron chi connectivity index (χ1n) is 7.89. The molecule has 1 aliphatic heterocycles. The molecule has 3 rings (SSSR count). The predicted octanol–water partition coefficient (Wildman–Crippen LogP) is 4.39. The topological polar surface area (TPSA) is 44.4 Å². The summed E-state index contributed by atoms with van der Waals surface area (Å²) >= 11 is 11.9. The number of carbonyl (C=O) groups excluding carboxylic acids is 1. The summed E-state index contributed by atoms with van der Waals surface area (Å²) in [5, 5.41) is 6.74. The van der Waals surface area contributed by atoms with Crippen molar-refractivity contribution in [2.45, 2.75) is 19.0 Å². The Morgan fingerprint density at radius 3 is 2.71 bits per heavy atom. The van der Waals surface area contributed by atoms with Gasteiger partial charge in [-0.1, -0.05) is 53.5 Å². The summed E-state index contributed by atoms with van der Waals surface area (Å²) in [5.41, 5.74) is 1.84. The molecule has 24 heavy (non-hydrogen) atoms. The molecule has 1 heterocycles. The number of benzene rings is 2. The third kappa shape index (κ3) is 4.63. The van der Waals surface area contributed by atoms with Gasteiger partial charge in [-0.2, -0.15) is 0 Å². The third-order valence-corrected chi connectivity index (χ3v) is 4.58. The summed E-state index contributed by atoms with van der Waals surface area (Å²) in [4.78, 5) is 14.5. The van der Waals surface area contributed by atoms with Gasteiger partial charge < -0.3 is 10.6 Å². The molecule has 1 aliphatic rings. The Morgan fingerprint density at radius 2 is 1.96 bits per heavy atom. The zero-order valence-corrected chi connectivity index (χ0v) is 14.6. The maximum atomic E-state index is 12.1. The Kier molecular flexibility index (Phi) is 5.61. The first-order valence-corrected chi connectivity index (χ1v) is 8.64. The summed E-state index contributed by atoms with van der Waals surface area (Å²) in [7, 11) is 0. The van der Waals surface area contributed by atoms with E-state index in [0.717, 1.165) is 26.1 Å². The molecule has 1 fully saturated rings. The fourth-order valence-electron chi connectivity index (χ4n) is 2.87. The fourth-order valence-corrected chi connectivity index (χ4v) is 3.33. The molecule has 1 atom stereocenters. The minimum atomic E-state index is -0.245. The van der Waals surface area contributed by atoms with E-state index in [1.165, 1.54) is 5.56 Å². The molecule has 0 spiro atoms. The van der Waals surface area contributed by atoms with Crippen LogP contribution in [-0.4, -0.2) is 30.1 Å². The van der Waals surface area contributed by atoms with E-state index in [9.17, 15) is 4.79 Å². The number of hydrogen-bond acceptors (Lipinski definition) is 2.